The van der Waals surface area contributed by atoms with Crippen molar-refractivity contribution in [1.29, 1.82) is 0 Å². The van der Waals surface area contributed by atoms with E-state index in [0.717, 1.165) is 83.4 Å². The number of likely N-dealkylation sites (tertiary alicyclic amines) is 1. The monoisotopic (exact) mass is 532 g/mol. The van der Waals surface area contributed by atoms with Crippen LogP contribution in [0.5, 0.6) is 0 Å². The molecule has 10 heteroatoms. The van der Waals surface area contributed by atoms with Gasteiger partial charge in [0.2, 0.25) is 5.91 Å². The summed E-state index contributed by atoms with van der Waals surface area (Å²) in [5.41, 5.74) is 0. The van der Waals surface area contributed by atoms with Gasteiger partial charge in [0.1, 0.15) is 12.2 Å². The van der Waals surface area contributed by atoms with Gasteiger partial charge in [-0.05, 0) is 12.8 Å². The third kappa shape index (κ3) is 7.07. The van der Waals surface area contributed by atoms with Crippen molar-refractivity contribution in [2.24, 2.45) is 4.99 Å². The summed E-state index contributed by atoms with van der Waals surface area (Å²) in [4.78, 5) is 23.7. The first-order valence-corrected chi connectivity index (χ1v) is 11.0. The molecule has 0 saturated carbocycles. The lowest BCUT2D eigenvalue weighted by atomic mass is 10.2. The standard InChI is InChI=1S/C20H36N8O.HI/c1-3-18-24-23-17-28(18)11-8-22-20(21-2)27-14-12-25(13-15-27)16-19(29)26-9-6-4-5-7-10-26;/h17H,3-16H2,1-2H3,(H,21,22);1H. The molecule has 1 aromatic heterocycles. The second-order valence-electron chi connectivity index (χ2n) is 7.83. The molecule has 0 aliphatic carbocycles. The molecule has 2 saturated heterocycles. The minimum atomic E-state index is 0. The van der Waals surface area contributed by atoms with Gasteiger partial charge in [0.25, 0.3) is 0 Å². The number of aromatic nitrogens is 3. The highest BCUT2D eigenvalue weighted by Gasteiger charge is 2.23. The van der Waals surface area contributed by atoms with E-state index >= 15 is 0 Å². The minimum Gasteiger partial charge on any atom is -0.354 e. The fraction of sp³-hybridized carbons (Fsp3) is 0.800. The number of amides is 1. The normalized spacial score (nSPS) is 18.7. The van der Waals surface area contributed by atoms with Crippen LogP contribution in [0.3, 0.4) is 0 Å². The Hall–Kier alpha value is -1.43. The Kier molecular flexibility index (Phi) is 10.8. The Morgan fingerprint density at radius 2 is 1.77 bits per heavy atom. The van der Waals surface area contributed by atoms with Crippen LogP contribution < -0.4 is 5.32 Å². The van der Waals surface area contributed by atoms with Crippen LogP contribution in [-0.4, -0.2) is 101 Å². The first-order chi connectivity index (χ1) is 14.2. The van der Waals surface area contributed by atoms with Gasteiger partial charge in [0, 0.05) is 65.8 Å². The average molecular weight is 532 g/mol. The maximum atomic E-state index is 12.6. The topological polar surface area (TPSA) is 81.9 Å². The van der Waals surface area contributed by atoms with Gasteiger partial charge >= 0.3 is 0 Å². The van der Waals surface area contributed by atoms with Gasteiger partial charge in [0.15, 0.2) is 5.96 Å². The first kappa shape index (κ1) is 24.8. The second-order valence-corrected chi connectivity index (χ2v) is 7.83. The van der Waals surface area contributed by atoms with E-state index in [1.54, 1.807) is 6.33 Å². The van der Waals surface area contributed by atoms with Crippen molar-refractivity contribution in [2.45, 2.75) is 45.6 Å². The van der Waals surface area contributed by atoms with Crippen molar-refractivity contribution >= 4 is 35.8 Å². The maximum Gasteiger partial charge on any atom is 0.236 e. The van der Waals surface area contributed by atoms with Crippen molar-refractivity contribution in [1.82, 2.24) is 34.8 Å². The molecule has 0 atom stereocenters. The van der Waals surface area contributed by atoms with E-state index in [9.17, 15) is 4.79 Å². The molecule has 1 amide bonds. The molecule has 0 unspecified atom stereocenters. The lowest BCUT2D eigenvalue weighted by Gasteiger charge is -2.37. The molecule has 0 spiro atoms. The lowest BCUT2D eigenvalue weighted by Crippen LogP contribution is -2.54. The third-order valence-electron chi connectivity index (χ3n) is 5.85. The highest BCUT2D eigenvalue weighted by Crippen LogP contribution is 2.11. The van der Waals surface area contributed by atoms with Gasteiger partial charge in [-0.1, -0.05) is 19.8 Å². The molecule has 0 aromatic carbocycles. The van der Waals surface area contributed by atoms with Gasteiger partial charge < -0.3 is 19.7 Å². The van der Waals surface area contributed by atoms with Crippen LogP contribution in [0.2, 0.25) is 0 Å². The Labute approximate surface area is 197 Å². The fourth-order valence-electron chi connectivity index (χ4n) is 4.09. The number of hydrogen-bond donors (Lipinski definition) is 1. The number of carbonyl (C=O) groups is 1. The number of rotatable bonds is 6. The molecule has 2 aliphatic rings. The third-order valence-corrected chi connectivity index (χ3v) is 5.85. The predicted octanol–water partition coefficient (Wildman–Crippen LogP) is 1.05. The predicted molar refractivity (Wildman–Crippen MR) is 129 cm³/mol. The molecule has 1 aromatic rings. The summed E-state index contributed by atoms with van der Waals surface area (Å²) in [6.07, 6.45) is 7.47. The van der Waals surface area contributed by atoms with Crippen LogP contribution in [0, 0.1) is 0 Å². The summed E-state index contributed by atoms with van der Waals surface area (Å²) in [6.45, 7) is 9.67. The molecule has 3 heterocycles. The fourth-order valence-corrected chi connectivity index (χ4v) is 4.09. The quantitative estimate of drug-likeness (QED) is 0.335. The van der Waals surface area contributed by atoms with Crippen LogP contribution in [0.25, 0.3) is 0 Å². The number of piperazine rings is 1. The van der Waals surface area contributed by atoms with E-state index in [0.29, 0.717) is 12.5 Å². The zero-order valence-electron chi connectivity index (χ0n) is 18.4. The van der Waals surface area contributed by atoms with Gasteiger partial charge in [-0.15, -0.1) is 34.2 Å². The first-order valence-electron chi connectivity index (χ1n) is 11.0. The second kappa shape index (κ2) is 13.1. The highest BCUT2D eigenvalue weighted by molar-refractivity contribution is 14.0. The largest absolute Gasteiger partial charge is 0.354 e. The van der Waals surface area contributed by atoms with E-state index in [1.165, 1.54) is 12.8 Å². The zero-order chi connectivity index (χ0) is 20.5. The molecular formula is C20H37IN8O. The summed E-state index contributed by atoms with van der Waals surface area (Å²) in [6, 6.07) is 0. The summed E-state index contributed by atoms with van der Waals surface area (Å²) in [5, 5.41) is 11.5. The molecule has 170 valence electrons. The smallest absolute Gasteiger partial charge is 0.236 e. The molecule has 3 rings (SSSR count). The SMILES string of the molecule is CCc1nncn1CCNC(=NC)N1CCN(CC(=O)N2CCCCCC2)CC1.I. The average Bonchev–Trinajstić information content (AvgIpc) is 3.02. The van der Waals surface area contributed by atoms with E-state index in [4.69, 9.17) is 0 Å². The van der Waals surface area contributed by atoms with Crippen molar-refractivity contribution in [3.63, 3.8) is 0 Å². The number of aliphatic imine (C=N–C) groups is 1. The van der Waals surface area contributed by atoms with Crippen LogP contribution in [0.1, 0.15) is 38.4 Å². The van der Waals surface area contributed by atoms with Gasteiger partial charge in [-0.3, -0.25) is 14.7 Å². The molecular weight excluding hydrogens is 495 g/mol. The number of halogens is 1. The molecule has 9 nitrogen and oxygen atoms in total. The van der Waals surface area contributed by atoms with E-state index in [-0.39, 0.29) is 24.0 Å². The number of hydrogen-bond acceptors (Lipinski definition) is 5. The van der Waals surface area contributed by atoms with Crippen molar-refractivity contribution in [3.05, 3.63) is 12.2 Å². The Morgan fingerprint density at radius 1 is 1.07 bits per heavy atom. The Balaban J connectivity index is 0.00000320. The lowest BCUT2D eigenvalue weighted by molar-refractivity contribution is -0.132. The highest BCUT2D eigenvalue weighted by atomic mass is 127. The van der Waals surface area contributed by atoms with Crippen molar-refractivity contribution in [2.75, 3.05) is 59.4 Å². The molecule has 1 N–H and O–H groups in total. The van der Waals surface area contributed by atoms with Gasteiger partial charge in [0.05, 0.1) is 6.54 Å². The summed E-state index contributed by atoms with van der Waals surface area (Å²) in [7, 11) is 1.83. The molecule has 30 heavy (non-hydrogen) atoms. The van der Waals surface area contributed by atoms with Gasteiger partial charge in [-0.25, -0.2) is 0 Å². The number of guanidine groups is 1. The van der Waals surface area contributed by atoms with E-state index in [2.05, 4.69) is 46.7 Å². The van der Waals surface area contributed by atoms with Crippen LogP contribution in [0.4, 0.5) is 0 Å². The molecule has 0 radical (unpaired) electrons. The number of nitrogens with zero attached hydrogens (tertiary/aromatic N) is 7. The van der Waals surface area contributed by atoms with Crippen molar-refractivity contribution in [3.8, 4) is 0 Å². The molecule has 2 fully saturated rings. The zero-order valence-corrected chi connectivity index (χ0v) is 20.8. The van der Waals surface area contributed by atoms with Gasteiger partial charge in [-0.2, -0.15) is 0 Å². The minimum absolute atomic E-state index is 0. The number of carbonyl (C=O) groups excluding carboxylic acids is 1. The van der Waals surface area contributed by atoms with Crippen LogP contribution in [-0.2, 0) is 17.8 Å². The van der Waals surface area contributed by atoms with Crippen LogP contribution >= 0.6 is 24.0 Å². The molecule has 2 aliphatic heterocycles. The summed E-state index contributed by atoms with van der Waals surface area (Å²) < 4.78 is 2.08. The van der Waals surface area contributed by atoms with E-state index in [1.807, 2.05) is 7.05 Å². The number of nitrogens with one attached hydrogen (secondary N) is 1. The summed E-state index contributed by atoms with van der Waals surface area (Å²) >= 11 is 0. The summed E-state index contributed by atoms with van der Waals surface area (Å²) in [5.74, 6) is 2.22. The van der Waals surface area contributed by atoms with E-state index < -0.39 is 0 Å². The maximum absolute atomic E-state index is 12.6. The Bertz CT molecular complexity index is 664. The van der Waals surface area contributed by atoms with Crippen molar-refractivity contribution < 1.29 is 4.79 Å². The Morgan fingerprint density at radius 3 is 2.40 bits per heavy atom. The molecule has 0 bridgehead atoms. The number of aryl methyl sites for hydroxylation is 1. The van der Waals surface area contributed by atoms with Crippen LogP contribution in [0.15, 0.2) is 11.3 Å².